The van der Waals surface area contributed by atoms with Gasteiger partial charge < -0.3 is 21.8 Å². The van der Waals surface area contributed by atoms with E-state index in [9.17, 15) is 14.0 Å². The minimum Gasteiger partial charge on any atom is -0.400 e. The van der Waals surface area contributed by atoms with E-state index in [-0.39, 0.29) is 23.1 Å². The Balaban J connectivity index is 1.79. The first-order chi connectivity index (χ1) is 15.3. The van der Waals surface area contributed by atoms with E-state index in [0.29, 0.717) is 40.3 Å². The van der Waals surface area contributed by atoms with Crippen LogP contribution in [-0.4, -0.2) is 18.2 Å². The highest BCUT2D eigenvalue weighted by Gasteiger charge is 2.28. The number of fused-ring (bicyclic) bond motifs is 3. The summed E-state index contributed by atoms with van der Waals surface area (Å²) >= 11 is 1.27. The van der Waals surface area contributed by atoms with Crippen LogP contribution in [-0.2, 0) is 6.42 Å². The first-order valence-corrected chi connectivity index (χ1v) is 10.7. The van der Waals surface area contributed by atoms with Crippen LogP contribution in [0.5, 0.6) is 0 Å². The number of halogens is 1. The highest BCUT2D eigenvalue weighted by atomic mass is 32.1. The number of nitrogen functional groups attached to an aromatic ring is 1. The summed E-state index contributed by atoms with van der Waals surface area (Å²) in [6.07, 6.45) is 0.493. The summed E-state index contributed by atoms with van der Waals surface area (Å²) in [7, 11) is 0. The largest absolute Gasteiger partial charge is 0.400 e. The molecule has 7 N–H and O–H groups in total. The number of carbonyl (C=O) groups is 2. The molecule has 32 heavy (non-hydrogen) atoms. The lowest BCUT2D eigenvalue weighted by Gasteiger charge is -2.23. The molecule has 0 spiro atoms. The summed E-state index contributed by atoms with van der Waals surface area (Å²) in [4.78, 5) is 29.0. The summed E-state index contributed by atoms with van der Waals surface area (Å²) in [5.74, 6) is 4.45. The number of nitrogens with two attached hydrogens (primary N) is 3. The second-order valence-corrected chi connectivity index (χ2v) is 8.54. The molecule has 1 aromatic heterocycles. The number of thiophene rings is 1. The number of hydrogen-bond acceptors (Lipinski definition) is 7. The number of hydrogen-bond donors (Lipinski definition) is 4. The Morgan fingerprint density at radius 2 is 1.84 bits per heavy atom. The van der Waals surface area contributed by atoms with Gasteiger partial charge in [0.05, 0.1) is 10.6 Å². The molecule has 1 aliphatic heterocycles. The van der Waals surface area contributed by atoms with Gasteiger partial charge in [-0.2, -0.15) is 0 Å². The third kappa shape index (κ3) is 3.83. The van der Waals surface area contributed by atoms with Crippen molar-refractivity contribution >= 4 is 34.4 Å². The van der Waals surface area contributed by atoms with Crippen LogP contribution in [0.15, 0.2) is 59.9 Å². The number of allylic oxidation sites excluding steroid dienone is 2. The number of ketones is 1. The number of nitrogens with one attached hydrogen (secondary N) is 1. The maximum absolute atomic E-state index is 14.2. The van der Waals surface area contributed by atoms with Gasteiger partial charge in [0.1, 0.15) is 11.5 Å². The second-order valence-electron chi connectivity index (χ2n) is 7.49. The summed E-state index contributed by atoms with van der Waals surface area (Å²) in [5, 5.41) is 0. The molecule has 0 aliphatic carbocycles. The molecule has 1 amide bonds. The van der Waals surface area contributed by atoms with Crippen LogP contribution < -0.4 is 27.6 Å². The van der Waals surface area contributed by atoms with Gasteiger partial charge in [-0.25, -0.2) is 4.39 Å². The summed E-state index contributed by atoms with van der Waals surface area (Å²) in [5.41, 5.74) is 17.3. The fourth-order valence-electron chi connectivity index (χ4n) is 3.70. The number of Topliss-reactive ketones (excluding diaryl/α,β-unsaturated/α-hetero) is 1. The van der Waals surface area contributed by atoms with E-state index in [2.05, 4.69) is 5.43 Å². The van der Waals surface area contributed by atoms with Crippen LogP contribution in [0.4, 0.5) is 15.8 Å². The molecule has 2 aromatic carbocycles. The number of carbonyl (C=O) groups excluding carboxylic acids is 2. The Bertz CT molecular complexity index is 1250. The van der Waals surface area contributed by atoms with E-state index in [1.54, 1.807) is 48.2 Å². The van der Waals surface area contributed by atoms with Gasteiger partial charge in [0, 0.05) is 33.9 Å². The average molecular weight is 452 g/mol. The number of anilines is 2. The van der Waals surface area contributed by atoms with Crippen LogP contribution in [0.3, 0.4) is 0 Å². The Labute approximate surface area is 188 Å². The molecule has 4 rings (SSSR count). The molecule has 0 atom stereocenters. The minimum atomic E-state index is -0.452. The van der Waals surface area contributed by atoms with E-state index in [1.165, 1.54) is 23.5 Å². The number of rotatable bonds is 4. The van der Waals surface area contributed by atoms with E-state index in [4.69, 9.17) is 17.3 Å². The smallest absolute Gasteiger partial charge is 0.258 e. The van der Waals surface area contributed by atoms with Crippen molar-refractivity contribution in [3.8, 4) is 10.4 Å². The topological polar surface area (TPSA) is 127 Å². The lowest BCUT2D eigenvalue weighted by Crippen LogP contribution is -2.32. The quantitative estimate of drug-likeness (QED) is 0.159. The third-order valence-corrected chi connectivity index (χ3v) is 6.51. The van der Waals surface area contributed by atoms with Crippen molar-refractivity contribution in [2.45, 2.75) is 13.3 Å². The molecule has 7 nitrogen and oxygen atoms in total. The van der Waals surface area contributed by atoms with Crippen molar-refractivity contribution in [2.75, 3.05) is 17.2 Å². The van der Waals surface area contributed by atoms with Gasteiger partial charge >= 0.3 is 0 Å². The molecule has 0 saturated carbocycles. The van der Waals surface area contributed by atoms with Gasteiger partial charge in [-0.1, -0.05) is 0 Å². The van der Waals surface area contributed by atoms with Gasteiger partial charge in [-0.05, 0) is 67.4 Å². The van der Waals surface area contributed by atoms with Crippen molar-refractivity contribution < 1.29 is 14.0 Å². The fraction of sp³-hybridized carbons (Fsp3) is 0.130. The van der Waals surface area contributed by atoms with Crippen LogP contribution in [0.2, 0.25) is 0 Å². The van der Waals surface area contributed by atoms with Crippen LogP contribution >= 0.6 is 11.3 Å². The molecular weight excluding hydrogens is 429 g/mol. The molecule has 164 valence electrons. The molecule has 0 saturated heterocycles. The molecule has 9 heteroatoms. The number of hydrazine groups is 1. The Hall–Kier alpha value is -3.69. The number of amides is 1. The molecule has 0 unspecified atom stereocenters. The van der Waals surface area contributed by atoms with Crippen LogP contribution in [0.25, 0.3) is 10.4 Å². The highest BCUT2D eigenvalue weighted by molar-refractivity contribution is 7.17. The maximum atomic E-state index is 14.2. The third-order valence-electron chi connectivity index (χ3n) is 5.30. The van der Waals surface area contributed by atoms with Crippen LogP contribution in [0, 0.1) is 5.82 Å². The van der Waals surface area contributed by atoms with E-state index >= 15 is 0 Å². The first-order valence-electron chi connectivity index (χ1n) is 9.88. The van der Waals surface area contributed by atoms with Crippen LogP contribution in [0.1, 0.15) is 32.5 Å². The van der Waals surface area contributed by atoms with E-state index in [0.717, 1.165) is 10.4 Å². The predicted octanol–water partition coefficient (Wildman–Crippen LogP) is 3.18. The molecule has 3 aromatic rings. The first kappa shape index (κ1) is 21.5. The molecule has 2 heterocycles. The average Bonchev–Trinajstić information content (AvgIpc) is 3.12. The molecule has 1 aliphatic rings. The van der Waals surface area contributed by atoms with Gasteiger partial charge in [0.2, 0.25) is 5.78 Å². The minimum absolute atomic E-state index is 0.126. The predicted molar refractivity (Wildman–Crippen MR) is 124 cm³/mol. The van der Waals surface area contributed by atoms with Crippen molar-refractivity contribution in [2.24, 2.45) is 11.6 Å². The maximum Gasteiger partial charge on any atom is 0.258 e. The van der Waals surface area contributed by atoms with Crippen molar-refractivity contribution in [3.05, 3.63) is 81.7 Å². The zero-order valence-electron chi connectivity index (χ0n) is 17.3. The van der Waals surface area contributed by atoms with Gasteiger partial charge in [0.25, 0.3) is 5.91 Å². The second kappa shape index (κ2) is 8.45. The summed E-state index contributed by atoms with van der Waals surface area (Å²) < 4.78 is 14.2. The fourth-order valence-corrected chi connectivity index (χ4v) is 4.89. The Morgan fingerprint density at radius 1 is 1.12 bits per heavy atom. The van der Waals surface area contributed by atoms with E-state index < -0.39 is 5.82 Å². The zero-order chi connectivity index (χ0) is 23.0. The lowest BCUT2D eigenvalue weighted by molar-refractivity contribution is 0.0985. The molecule has 0 radical (unpaired) electrons. The lowest BCUT2D eigenvalue weighted by atomic mass is 10.1. The van der Waals surface area contributed by atoms with Gasteiger partial charge in [-0.15, -0.1) is 11.3 Å². The summed E-state index contributed by atoms with van der Waals surface area (Å²) in [6, 6.07) is 12.7. The van der Waals surface area contributed by atoms with Crippen molar-refractivity contribution in [1.29, 1.82) is 0 Å². The number of nitrogens with zero attached hydrogens (tertiary/aromatic N) is 1. The van der Waals surface area contributed by atoms with Gasteiger partial charge in [0.15, 0.2) is 0 Å². The van der Waals surface area contributed by atoms with Gasteiger partial charge in [-0.3, -0.25) is 15.4 Å². The molecular formula is C23H22FN5O2S. The SMILES string of the molecule is C/C(N)=C(/NN)C(=O)c1cc2c(s1)-c1ccc(F)cc1N(C(=O)c1ccc(N)cc1)CC2. The van der Waals surface area contributed by atoms with E-state index in [1.807, 2.05) is 0 Å². The Morgan fingerprint density at radius 3 is 2.50 bits per heavy atom. The van der Waals surface area contributed by atoms with Crippen molar-refractivity contribution in [1.82, 2.24) is 5.43 Å². The molecule has 0 fully saturated rings. The highest BCUT2D eigenvalue weighted by Crippen LogP contribution is 2.42. The number of benzene rings is 2. The van der Waals surface area contributed by atoms with Crippen molar-refractivity contribution in [3.63, 3.8) is 0 Å². The Kier molecular flexibility index (Phi) is 5.68. The normalized spacial score (nSPS) is 13.5. The zero-order valence-corrected chi connectivity index (χ0v) is 18.1. The monoisotopic (exact) mass is 451 g/mol. The summed E-state index contributed by atoms with van der Waals surface area (Å²) in [6.45, 7) is 1.91. The standard InChI is InChI=1S/C23H22FN5O2S/c1-12(25)20(28-27)21(30)19-10-14-8-9-29(23(31)13-2-5-16(26)6-3-13)18-11-15(24)4-7-17(18)22(14)32-19/h2-7,10-11,28H,8-9,25-27H2,1H3/b20-12-. The molecule has 0 bridgehead atoms.